The summed E-state index contributed by atoms with van der Waals surface area (Å²) < 4.78 is 6.46. The second-order valence-electron chi connectivity index (χ2n) is 9.03. The third-order valence-corrected chi connectivity index (χ3v) is 7.18. The van der Waals surface area contributed by atoms with Crippen LogP contribution in [0.25, 0.3) is 0 Å². The molecule has 1 spiro atoms. The fourth-order valence-corrected chi connectivity index (χ4v) is 5.85. The molecule has 0 aliphatic carbocycles. The van der Waals surface area contributed by atoms with Crippen molar-refractivity contribution in [3.63, 3.8) is 0 Å². The molecule has 164 valence electrons. The third-order valence-electron chi connectivity index (χ3n) is 7.18. The summed E-state index contributed by atoms with van der Waals surface area (Å²) in [5, 5.41) is 15.6. The number of nitrogens with zero attached hydrogens (tertiary/aromatic N) is 1. The topological polar surface area (TPSA) is 108 Å². The molecule has 8 nitrogen and oxygen atoms in total. The van der Waals surface area contributed by atoms with E-state index in [1.54, 1.807) is 7.05 Å². The molecular formula is C21H35N3O5. The van der Waals surface area contributed by atoms with E-state index in [1.165, 1.54) is 4.90 Å². The van der Waals surface area contributed by atoms with Gasteiger partial charge in [0.2, 0.25) is 17.7 Å². The lowest BCUT2D eigenvalue weighted by Crippen LogP contribution is -2.59. The van der Waals surface area contributed by atoms with Crippen molar-refractivity contribution in [2.24, 2.45) is 11.8 Å². The van der Waals surface area contributed by atoms with Crippen LogP contribution in [0.3, 0.4) is 0 Å². The minimum atomic E-state index is -1.03. The maximum absolute atomic E-state index is 13.6. The molecule has 3 aliphatic heterocycles. The van der Waals surface area contributed by atoms with Crippen LogP contribution in [0.4, 0.5) is 0 Å². The molecule has 3 rings (SSSR count). The fraction of sp³-hybridized carbons (Fsp3) is 0.857. The van der Waals surface area contributed by atoms with Crippen molar-refractivity contribution < 1.29 is 24.2 Å². The monoisotopic (exact) mass is 409 g/mol. The molecule has 0 aromatic heterocycles. The smallest absolute Gasteiger partial charge is 0.246 e. The Bertz CT molecular complexity index is 681. The molecule has 3 N–H and O–H groups in total. The highest BCUT2D eigenvalue weighted by molar-refractivity contribution is 5.99. The van der Waals surface area contributed by atoms with Crippen molar-refractivity contribution in [3.05, 3.63) is 0 Å². The molecule has 3 heterocycles. The summed E-state index contributed by atoms with van der Waals surface area (Å²) in [6, 6.07) is -1.36. The van der Waals surface area contributed by atoms with Crippen LogP contribution in [-0.2, 0) is 19.1 Å². The Morgan fingerprint density at radius 1 is 1.31 bits per heavy atom. The SMILES string of the molecule is CCCC(C)NC(=O)C1N([C@@H](CC)CO)C(=O)[C@@H]2[C@@H](C(=O)NC)[C@@]3(C)CCC12O3. The highest BCUT2D eigenvalue weighted by atomic mass is 16.5. The Hall–Kier alpha value is -1.67. The molecule has 29 heavy (non-hydrogen) atoms. The molecule has 0 aromatic carbocycles. The van der Waals surface area contributed by atoms with E-state index in [0.29, 0.717) is 19.3 Å². The summed E-state index contributed by atoms with van der Waals surface area (Å²) in [5.74, 6) is -2.09. The van der Waals surface area contributed by atoms with Gasteiger partial charge < -0.3 is 25.4 Å². The molecule has 3 unspecified atom stereocenters. The Morgan fingerprint density at radius 2 is 2.00 bits per heavy atom. The minimum absolute atomic E-state index is 0.0296. The Labute approximate surface area is 172 Å². The Balaban J connectivity index is 2.05. The summed E-state index contributed by atoms with van der Waals surface area (Å²) in [6.45, 7) is 7.52. The van der Waals surface area contributed by atoms with Crippen molar-refractivity contribution >= 4 is 17.7 Å². The number of carbonyl (C=O) groups excluding carboxylic acids is 3. The van der Waals surface area contributed by atoms with E-state index >= 15 is 0 Å². The van der Waals surface area contributed by atoms with Crippen LogP contribution in [0, 0.1) is 11.8 Å². The number of aliphatic hydroxyl groups is 1. The van der Waals surface area contributed by atoms with Crippen molar-refractivity contribution in [2.75, 3.05) is 13.7 Å². The molecule has 2 bridgehead atoms. The third kappa shape index (κ3) is 3.15. The van der Waals surface area contributed by atoms with E-state index in [0.717, 1.165) is 12.8 Å². The standard InChI is InChI=1S/C21H35N3O5/c1-6-8-12(3)23-18(27)16-21-10-9-20(4,29-21)14(17(26)22-5)15(21)19(28)24(16)13(7-2)11-25/h12-16,25H,6-11H2,1-5H3,(H,22,26)(H,23,27)/t12?,13-,14-,15-,16?,20+,21?/m0/s1. The summed E-state index contributed by atoms with van der Waals surface area (Å²) in [7, 11) is 1.56. The van der Waals surface area contributed by atoms with Crippen molar-refractivity contribution in [1.82, 2.24) is 15.5 Å². The van der Waals surface area contributed by atoms with Gasteiger partial charge in [0.25, 0.3) is 0 Å². The quantitative estimate of drug-likeness (QED) is 0.543. The number of hydrogen-bond donors (Lipinski definition) is 3. The van der Waals surface area contributed by atoms with Crippen molar-refractivity contribution in [2.45, 2.75) is 89.1 Å². The van der Waals surface area contributed by atoms with Gasteiger partial charge in [-0.05, 0) is 39.5 Å². The molecule has 3 saturated heterocycles. The van der Waals surface area contributed by atoms with Gasteiger partial charge in [0.15, 0.2) is 0 Å². The lowest BCUT2D eigenvalue weighted by atomic mass is 9.66. The Kier molecular flexibility index (Phi) is 5.98. The first-order valence-corrected chi connectivity index (χ1v) is 10.9. The number of hydrogen-bond acceptors (Lipinski definition) is 5. The van der Waals surface area contributed by atoms with Crippen molar-refractivity contribution in [1.29, 1.82) is 0 Å². The van der Waals surface area contributed by atoms with Crippen LogP contribution in [0.2, 0.25) is 0 Å². The lowest BCUT2D eigenvalue weighted by Gasteiger charge is -2.37. The van der Waals surface area contributed by atoms with Crippen LogP contribution < -0.4 is 10.6 Å². The largest absolute Gasteiger partial charge is 0.394 e. The average Bonchev–Trinajstić information content (AvgIpc) is 3.24. The van der Waals surface area contributed by atoms with E-state index in [2.05, 4.69) is 17.6 Å². The molecule has 0 aromatic rings. The molecule has 3 amide bonds. The average molecular weight is 410 g/mol. The summed E-state index contributed by atoms with van der Waals surface area (Å²) >= 11 is 0. The number of carbonyl (C=O) groups is 3. The maximum Gasteiger partial charge on any atom is 0.246 e. The predicted molar refractivity (Wildman–Crippen MR) is 107 cm³/mol. The van der Waals surface area contributed by atoms with Gasteiger partial charge in [-0.3, -0.25) is 14.4 Å². The highest BCUT2D eigenvalue weighted by Crippen LogP contribution is 2.63. The number of ether oxygens (including phenoxy) is 1. The van der Waals surface area contributed by atoms with Gasteiger partial charge in [0.1, 0.15) is 11.6 Å². The van der Waals surface area contributed by atoms with Gasteiger partial charge in [-0.2, -0.15) is 0 Å². The number of amides is 3. The summed E-state index contributed by atoms with van der Waals surface area (Å²) in [6.07, 6.45) is 3.45. The van der Waals surface area contributed by atoms with Gasteiger partial charge in [0, 0.05) is 13.1 Å². The first kappa shape index (κ1) is 22.0. The second kappa shape index (κ2) is 7.87. The van der Waals surface area contributed by atoms with Gasteiger partial charge in [0.05, 0.1) is 30.1 Å². The number of nitrogens with one attached hydrogen (secondary N) is 2. The molecule has 0 saturated carbocycles. The van der Waals surface area contributed by atoms with Crippen LogP contribution >= 0.6 is 0 Å². The highest BCUT2D eigenvalue weighted by Gasteiger charge is 2.78. The normalized spacial score (nSPS) is 37.4. The van der Waals surface area contributed by atoms with Gasteiger partial charge in [-0.25, -0.2) is 0 Å². The minimum Gasteiger partial charge on any atom is -0.394 e. The van der Waals surface area contributed by atoms with Gasteiger partial charge in [-0.15, -0.1) is 0 Å². The predicted octanol–water partition coefficient (Wildman–Crippen LogP) is 0.573. The van der Waals surface area contributed by atoms with E-state index in [9.17, 15) is 19.5 Å². The fourth-order valence-electron chi connectivity index (χ4n) is 5.85. The second-order valence-corrected chi connectivity index (χ2v) is 9.03. The van der Waals surface area contributed by atoms with Crippen LogP contribution in [0.15, 0.2) is 0 Å². The zero-order valence-corrected chi connectivity index (χ0v) is 18.2. The first-order valence-electron chi connectivity index (χ1n) is 10.9. The van der Waals surface area contributed by atoms with Crippen LogP contribution in [0.5, 0.6) is 0 Å². The maximum atomic E-state index is 13.6. The van der Waals surface area contributed by atoms with Crippen molar-refractivity contribution in [3.8, 4) is 0 Å². The first-order chi connectivity index (χ1) is 13.7. The van der Waals surface area contributed by atoms with E-state index in [1.807, 2.05) is 20.8 Å². The molecule has 7 atom stereocenters. The zero-order chi connectivity index (χ0) is 21.6. The Morgan fingerprint density at radius 3 is 2.55 bits per heavy atom. The van der Waals surface area contributed by atoms with E-state index in [4.69, 9.17) is 4.74 Å². The van der Waals surface area contributed by atoms with Gasteiger partial charge >= 0.3 is 0 Å². The molecule has 0 radical (unpaired) electrons. The molecule has 3 fully saturated rings. The zero-order valence-electron chi connectivity index (χ0n) is 18.2. The number of likely N-dealkylation sites (tertiary alicyclic amines) is 1. The lowest BCUT2D eigenvalue weighted by molar-refractivity contribution is -0.149. The van der Waals surface area contributed by atoms with Crippen LogP contribution in [0.1, 0.15) is 59.8 Å². The number of aliphatic hydroxyl groups excluding tert-OH is 1. The number of fused-ring (bicyclic) bond motifs is 1. The molecular weight excluding hydrogens is 374 g/mol. The van der Waals surface area contributed by atoms with Crippen LogP contribution in [-0.4, -0.2) is 70.7 Å². The number of rotatable bonds is 8. The van der Waals surface area contributed by atoms with E-state index in [-0.39, 0.29) is 30.4 Å². The molecule has 3 aliphatic rings. The molecule has 8 heteroatoms. The summed E-state index contributed by atoms with van der Waals surface area (Å²) in [4.78, 5) is 41.3. The summed E-state index contributed by atoms with van der Waals surface area (Å²) in [5.41, 5.74) is -1.79. The van der Waals surface area contributed by atoms with E-state index < -0.39 is 35.1 Å². The van der Waals surface area contributed by atoms with Gasteiger partial charge in [-0.1, -0.05) is 20.3 Å².